The van der Waals surface area contributed by atoms with Gasteiger partial charge in [-0.1, -0.05) is 60.7 Å². The van der Waals surface area contributed by atoms with Crippen molar-refractivity contribution in [2.45, 2.75) is 33.2 Å². The van der Waals surface area contributed by atoms with Crippen molar-refractivity contribution in [3.8, 4) is 0 Å². The third kappa shape index (κ3) is 3.72. The average Bonchev–Trinajstić information content (AvgIpc) is 2.92. The van der Waals surface area contributed by atoms with Gasteiger partial charge in [-0.2, -0.15) is 0 Å². The largest absolute Gasteiger partial charge is 0.465 e. The third-order valence-corrected chi connectivity index (χ3v) is 4.76. The molecule has 26 heavy (non-hydrogen) atoms. The summed E-state index contributed by atoms with van der Waals surface area (Å²) in [5.41, 5.74) is 5.47. The fraction of sp³-hybridized carbons (Fsp3) is 0.261. The molecule has 3 nitrogen and oxygen atoms in total. The maximum atomic E-state index is 12.7. The number of aromatic nitrogens is 1. The van der Waals surface area contributed by atoms with Gasteiger partial charge in [0.15, 0.2) is 0 Å². The van der Waals surface area contributed by atoms with Crippen LogP contribution < -0.4 is 0 Å². The Morgan fingerprint density at radius 2 is 1.62 bits per heavy atom. The van der Waals surface area contributed by atoms with Crippen LogP contribution in [-0.4, -0.2) is 17.1 Å². The van der Waals surface area contributed by atoms with E-state index in [9.17, 15) is 4.79 Å². The van der Waals surface area contributed by atoms with Gasteiger partial charge in [0.2, 0.25) is 0 Å². The molecular weight excluding hydrogens is 322 g/mol. The molecule has 0 spiro atoms. The lowest BCUT2D eigenvalue weighted by Gasteiger charge is -2.17. The van der Waals surface area contributed by atoms with E-state index < -0.39 is 5.92 Å². The monoisotopic (exact) mass is 347 g/mol. The Kier molecular flexibility index (Phi) is 5.57. The van der Waals surface area contributed by atoms with Crippen LogP contribution in [0.4, 0.5) is 0 Å². The molecule has 2 aromatic carbocycles. The minimum atomic E-state index is -0.396. The van der Waals surface area contributed by atoms with Crippen molar-refractivity contribution < 1.29 is 9.53 Å². The Labute approximate surface area is 155 Å². The summed E-state index contributed by atoms with van der Waals surface area (Å²) in [4.78, 5) is 12.7. The highest BCUT2D eigenvalue weighted by Crippen LogP contribution is 2.31. The average molecular weight is 347 g/mol. The van der Waals surface area contributed by atoms with Gasteiger partial charge in [-0.3, -0.25) is 4.79 Å². The normalized spacial score (nSPS) is 12.0. The van der Waals surface area contributed by atoms with Crippen LogP contribution in [0.1, 0.15) is 40.9 Å². The number of nitrogens with zero attached hydrogens (tertiary/aromatic N) is 1. The SMILES string of the molecule is CCOC(=O)[C@H](c1ccccc1)c1cc(C)n(Cc2ccccc2)c1C. The van der Waals surface area contributed by atoms with Gasteiger partial charge in [0, 0.05) is 17.9 Å². The predicted octanol–water partition coefficient (Wildman–Crippen LogP) is 4.85. The number of hydrogen-bond acceptors (Lipinski definition) is 2. The van der Waals surface area contributed by atoms with Crippen LogP contribution in [0.5, 0.6) is 0 Å². The summed E-state index contributed by atoms with van der Waals surface area (Å²) in [5, 5.41) is 0. The lowest BCUT2D eigenvalue weighted by molar-refractivity contribution is -0.143. The minimum absolute atomic E-state index is 0.196. The maximum Gasteiger partial charge on any atom is 0.317 e. The zero-order valence-corrected chi connectivity index (χ0v) is 15.6. The van der Waals surface area contributed by atoms with Crippen LogP contribution in [0.2, 0.25) is 0 Å². The van der Waals surface area contributed by atoms with Gasteiger partial charge in [-0.05, 0) is 43.5 Å². The van der Waals surface area contributed by atoms with Crippen molar-refractivity contribution in [3.63, 3.8) is 0 Å². The Bertz CT molecular complexity index is 866. The Morgan fingerprint density at radius 3 is 2.23 bits per heavy atom. The van der Waals surface area contributed by atoms with Gasteiger partial charge in [0.1, 0.15) is 5.92 Å². The van der Waals surface area contributed by atoms with E-state index in [1.54, 1.807) is 0 Å². The second-order valence-electron chi connectivity index (χ2n) is 6.49. The third-order valence-electron chi connectivity index (χ3n) is 4.76. The van der Waals surface area contributed by atoms with Gasteiger partial charge in [-0.15, -0.1) is 0 Å². The van der Waals surface area contributed by atoms with Crippen LogP contribution in [-0.2, 0) is 16.1 Å². The zero-order chi connectivity index (χ0) is 18.5. The quantitative estimate of drug-likeness (QED) is 0.597. The van der Waals surface area contributed by atoms with Crippen molar-refractivity contribution in [1.29, 1.82) is 0 Å². The highest BCUT2D eigenvalue weighted by atomic mass is 16.5. The van der Waals surface area contributed by atoms with Gasteiger partial charge >= 0.3 is 5.97 Å². The number of benzene rings is 2. The molecule has 0 unspecified atom stereocenters. The molecule has 0 aliphatic rings. The molecule has 3 heteroatoms. The molecule has 0 aliphatic carbocycles. The first-order valence-electron chi connectivity index (χ1n) is 9.04. The molecule has 1 heterocycles. The van der Waals surface area contributed by atoms with Crippen molar-refractivity contribution in [1.82, 2.24) is 4.57 Å². The van der Waals surface area contributed by atoms with Crippen LogP contribution in [0.25, 0.3) is 0 Å². The lowest BCUT2D eigenvalue weighted by atomic mass is 9.91. The predicted molar refractivity (Wildman–Crippen MR) is 104 cm³/mol. The molecule has 0 saturated heterocycles. The molecular formula is C23H25NO2. The van der Waals surface area contributed by atoms with Gasteiger partial charge in [0.25, 0.3) is 0 Å². The van der Waals surface area contributed by atoms with Gasteiger partial charge in [-0.25, -0.2) is 0 Å². The number of esters is 1. The molecule has 0 amide bonds. The minimum Gasteiger partial charge on any atom is -0.465 e. The van der Waals surface area contributed by atoms with Crippen molar-refractivity contribution in [3.05, 3.63) is 94.8 Å². The standard InChI is InChI=1S/C23H25NO2/c1-4-26-23(25)22(20-13-9-6-10-14-20)21-15-17(2)24(18(21)3)16-19-11-7-5-8-12-19/h5-15,22H,4,16H2,1-3H3/t22-/m1/s1. The Morgan fingerprint density at radius 1 is 1.00 bits per heavy atom. The highest BCUT2D eigenvalue weighted by molar-refractivity contribution is 5.82. The maximum absolute atomic E-state index is 12.7. The fourth-order valence-corrected chi connectivity index (χ4v) is 3.44. The molecule has 0 aliphatic heterocycles. The molecule has 1 atom stereocenters. The lowest BCUT2D eigenvalue weighted by Crippen LogP contribution is -2.18. The highest BCUT2D eigenvalue weighted by Gasteiger charge is 2.28. The first-order valence-corrected chi connectivity index (χ1v) is 9.04. The Balaban J connectivity index is 2.02. The van der Waals surface area contributed by atoms with E-state index in [0.29, 0.717) is 6.61 Å². The van der Waals surface area contributed by atoms with E-state index in [1.807, 2.05) is 43.3 Å². The number of hydrogen-bond donors (Lipinski definition) is 0. The van der Waals surface area contributed by atoms with Crippen LogP contribution in [0.15, 0.2) is 66.7 Å². The summed E-state index contributed by atoms with van der Waals surface area (Å²) in [6.45, 7) is 7.19. The molecule has 0 fully saturated rings. The van der Waals surface area contributed by atoms with E-state index in [0.717, 1.165) is 29.1 Å². The van der Waals surface area contributed by atoms with Crippen molar-refractivity contribution in [2.75, 3.05) is 6.61 Å². The molecule has 0 N–H and O–H groups in total. The number of carbonyl (C=O) groups is 1. The van der Waals surface area contributed by atoms with Gasteiger partial charge in [0.05, 0.1) is 6.61 Å². The molecule has 3 aromatic rings. The van der Waals surface area contributed by atoms with Gasteiger partial charge < -0.3 is 9.30 Å². The summed E-state index contributed by atoms with van der Waals surface area (Å²) in [7, 11) is 0. The summed E-state index contributed by atoms with van der Waals surface area (Å²) in [6, 6.07) is 22.4. The summed E-state index contributed by atoms with van der Waals surface area (Å²) in [5.74, 6) is -0.592. The van der Waals surface area contributed by atoms with Crippen LogP contribution >= 0.6 is 0 Å². The first kappa shape index (κ1) is 18.0. The molecule has 0 bridgehead atoms. The second-order valence-corrected chi connectivity index (χ2v) is 6.49. The number of ether oxygens (including phenoxy) is 1. The zero-order valence-electron chi connectivity index (χ0n) is 15.6. The topological polar surface area (TPSA) is 31.2 Å². The molecule has 0 saturated carbocycles. The molecule has 1 aromatic heterocycles. The smallest absolute Gasteiger partial charge is 0.317 e. The van der Waals surface area contributed by atoms with E-state index in [-0.39, 0.29) is 5.97 Å². The van der Waals surface area contributed by atoms with Crippen molar-refractivity contribution in [2.24, 2.45) is 0 Å². The van der Waals surface area contributed by atoms with E-state index in [2.05, 4.69) is 48.7 Å². The van der Waals surface area contributed by atoms with E-state index >= 15 is 0 Å². The van der Waals surface area contributed by atoms with Crippen LogP contribution in [0.3, 0.4) is 0 Å². The van der Waals surface area contributed by atoms with E-state index in [4.69, 9.17) is 4.74 Å². The molecule has 0 radical (unpaired) electrons. The fourth-order valence-electron chi connectivity index (χ4n) is 3.44. The summed E-state index contributed by atoms with van der Waals surface area (Å²) >= 11 is 0. The Hall–Kier alpha value is -2.81. The van der Waals surface area contributed by atoms with Crippen molar-refractivity contribution >= 4 is 5.97 Å². The number of carbonyl (C=O) groups excluding carboxylic acids is 1. The summed E-state index contributed by atoms with van der Waals surface area (Å²) < 4.78 is 7.65. The van der Waals surface area contributed by atoms with E-state index in [1.165, 1.54) is 5.56 Å². The van der Waals surface area contributed by atoms with Crippen LogP contribution in [0, 0.1) is 13.8 Å². The molecule has 3 rings (SSSR count). The molecule has 134 valence electrons. The summed E-state index contributed by atoms with van der Waals surface area (Å²) in [6.07, 6.45) is 0. The second kappa shape index (κ2) is 8.05. The number of rotatable bonds is 6. The first-order chi connectivity index (χ1) is 12.6. The number of aryl methyl sites for hydroxylation is 1.